The van der Waals surface area contributed by atoms with Gasteiger partial charge in [-0.1, -0.05) is 52.4 Å². The Morgan fingerprint density at radius 1 is 0.733 bits per heavy atom. The zero-order valence-corrected chi connectivity index (χ0v) is 19.7. The van der Waals surface area contributed by atoms with Crippen LogP contribution in [0.1, 0.15) is 78.1 Å². The van der Waals surface area contributed by atoms with Crippen LogP contribution < -0.4 is 0 Å². The summed E-state index contributed by atoms with van der Waals surface area (Å²) in [6.07, 6.45) is 9.52. The van der Waals surface area contributed by atoms with Gasteiger partial charge in [0.15, 0.2) is 0 Å². The van der Waals surface area contributed by atoms with Crippen LogP contribution >= 0.6 is 0 Å². The van der Waals surface area contributed by atoms with E-state index >= 15 is 0 Å². The second kappa shape index (κ2) is 17.5. The van der Waals surface area contributed by atoms with E-state index in [1.807, 2.05) is 0 Å². The summed E-state index contributed by atoms with van der Waals surface area (Å²) in [6, 6.07) is 0. The van der Waals surface area contributed by atoms with E-state index in [1.165, 1.54) is 25.7 Å². The molecule has 0 saturated carbocycles. The van der Waals surface area contributed by atoms with Crippen molar-refractivity contribution in [3.05, 3.63) is 0 Å². The summed E-state index contributed by atoms with van der Waals surface area (Å²) < 4.78 is 10.7. The fourth-order valence-corrected chi connectivity index (χ4v) is 3.49. The van der Waals surface area contributed by atoms with Gasteiger partial charge in [-0.15, -0.1) is 0 Å². The highest BCUT2D eigenvalue weighted by Crippen LogP contribution is 2.08. The van der Waals surface area contributed by atoms with Crippen LogP contribution in [0.2, 0.25) is 0 Å². The lowest BCUT2D eigenvalue weighted by atomic mass is 10.2. The highest BCUT2D eigenvalue weighted by atomic mass is 16.5. The maximum absolute atomic E-state index is 12.1. The van der Waals surface area contributed by atoms with E-state index in [1.54, 1.807) is 0 Å². The third-order valence-electron chi connectivity index (χ3n) is 5.55. The van der Waals surface area contributed by atoms with E-state index in [9.17, 15) is 9.59 Å². The summed E-state index contributed by atoms with van der Waals surface area (Å²) in [5.41, 5.74) is 0. The molecule has 0 aromatic heterocycles. The number of hydrogen-bond donors (Lipinski definition) is 0. The molecule has 1 aliphatic rings. The molecule has 1 fully saturated rings. The summed E-state index contributed by atoms with van der Waals surface area (Å²) in [5.74, 6) is -0.298. The van der Waals surface area contributed by atoms with Gasteiger partial charge >= 0.3 is 11.9 Å². The molecule has 1 heterocycles. The third-order valence-corrected chi connectivity index (χ3v) is 5.55. The van der Waals surface area contributed by atoms with E-state index in [4.69, 9.17) is 9.47 Å². The molecule has 1 rings (SSSR count). The molecule has 0 aromatic rings. The molecule has 0 unspecified atom stereocenters. The van der Waals surface area contributed by atoms with Gasteiger partial charge in [0.1, 0.15) is 0 Å². The molecular weight excluding hydrogens is 382 g/mol. The van der Waals surface area contributed by atoms with Gasteiger partial charge in [-0.25, -0.2) is 10.0 Å². The second-order valence-electron chi connectivity index (χ2n) is 8.27. The zero-order valence-electron chi connectivity index (χ0n) is 19.7. The minimum Gasteiger partial charge on any atom is -0.466 e. The molecule has 1 aliphatic heterocycles. The average molecular weight is 428 g/mol. The molecule has 7 nitrogen and oxygen atoms in total. The molecule has 0 bridgehead atoms. The second-order valence-corrected chi connectivity index (χ2v) is 8.27. The lowest BCUT2D eigenvalue weighted by molar-refractivity contribution is -0.147. The van der Waals surface area contributed by atoms with Gasteiger partial charge in [0.05, 0.1) is 26.1 Å². The van der Waals surface area contributed by atoms with Crippen molar-refractivity contribution in [3.8, 4) is 0 Å². The first kappa shape index (κ1) is 26.9. The largest absolute Gasteiger partial charge is 0.466 e. The molecule has 30 heavy (non-hydrogen) atoms. The van der Waals surface area contributed by atoms with Gasteiger partial charge in [0.2, 0.25) is 0 Å². The van der Waals surface area contributed by atoms with Crippen molar-refractivity contribution < 1.29 is 19.1 Å². The zero-order chi connectivity index (χ0) is 22.0. The Hall–Kier alpha value is -1.18. The Balaban J connectivity index is 2.35. The number of ether oxygens (including phenoxy) is 2. The molecule has 0 radical (unpaired) electrons. The van der Waals surface area contributed by atoms with Gasteiger partial charge in [-0.2, -0.15) is 0 Å². The minimum atomic E-state index is -0.149. The van der Waals surface area contributed by atoms with E-state index in [2.05, 4.69) is 35.8 Å². The van der Waals surface area contributed by atoms with Crippen LogP contribution in [-0.4, -0.2) is 86.4 Å². The number of unbranched alkanes of at least 4 members (excludes halogenated alkanes) is 6. The van der Waals surface area contributed by atoms with Crippen molar-refractivity contribution in [1.29, 1.82) is 0 Å². The van der Waals surface area contributed by atoms with Gasteiger partial charge in [-0.3, -0.25) is 9.59 Å². The molecule has 176 valence electrons. The van der Waals surface area contributed by atoms with Crippen LogP contribution in [0.5, 0.6) is 0 Å². The monoisotopic (exact) mass is 427 g/mol. The van der Waals surface area contributed by atoms with E-state index in [-0.39, 0.29) is 11.9 Å². The van der Waals surface area contributed by atoms with Gasteiger partial charge in [0.25, 0.3) is 0 Å². The topological polar surface area (TPSA) is 62.3 Å². The summed E-state index contributed by atoms with van der Waals surface area (Å²) in [5, 5.41) is 4.41. The smallest absolute Gasteiger partial charge is 0.307 e. The Morgan fingerprint density at radius 3 is 1.63 bits per heavy atom. The van der Waals surface area contributed by atoms with Crippen LogP contribution in [0.15, 0.2) is 0 Å². The quantitative estimate of drug-likeness (QED) is 0.260. The lowest BCUT2D eigenvalue weighted by Gasteiger charge is -2.40. The maximum Gasteiger partial charge on any atom is 0.307 e. The molecule has 0 spiro atoms. The number of carbonyl (C=O) groups is 2. The summed E-state index contributed by atoms with van der Waals surface area (Å²) >= 11 is 0. The Morgan fingerprint density at radius 2 is 1.20 bits per heavy atom. The number of likely N-dealkylation sites (N-methyl/N-ethyl adjacent to an activating group) is 1. The summed E-state index contributed by atoms with van der Waals surface area (Å²) in [6.45, 7) is 10.3. The molecular formula is C23H45N3O4. The van der Waals surface area contributed by atoms with Crippen molar-refractivity contribution in [2.45, 2.75) is 78.1 Å². The number of piperazine rings is 1. The van der Waals surface area contributed by atoms with Crippen molar-refractivity contribution in [2.75, 3.05) is 59.5 Å². The first-order chi connectivity index (χ1) is 14.6. The summed E-state index contributed by atoms with van der Waals surface area (Å²) in [7, 11) is 2.12. The Labute approximate surface area is 184 Å². The number of nitrogens with zero attached hydrogens (tertiary/aromatic N) is 3. The van der Waals surface area contributed by atoms with Gasteiger partial charge < -0.3 is 14.4 Å². The van der Waals surface area contributed by atoms with E-state index in [0.29, 0.717) is 39.1 Å². The standard InChI is InChI=1S/C23H45N3O4/c1-4-6-8-10-20-29-22(27)12-14-25(26-18-16-24(3)17-19-26)15-13-23(28)30-21-11-9-7-5-2/h4-21H2,1-3H3. The van der Waals surface area contributed by atoms with Gasteiger partial charge in [0, 0.05) is 39.3 Å². The highest BCUT2D eigenvalue weighted by molar-refractivity contribution is 5.70. The first-order valence-electron chi connectivity index (χ1n) is 12.1. The first-order valence-corrected chi connectivity index (χ1v) is 12.1. The molecule has 1 saturated heterocycles. The van der Waals surface area contributed by atoms with Crippen LogP contribution in [0.25, 0.3) is 0 Å². The summed E-state index contributed by atoms with van der Waals surface area (Å²) in [4.78, 5) is 26.5. The number of hydrogen-bond acceptors (Lipinski definition) is 7. The molecule has 0 atom stereocenters. The van der Waals surface area contributed by atoms with E-state index < -0.39 is 0 Å². The Bertz CT molecular complexity index is 424. The Kier molecular flexibility index (Phi) is 15.7. The molecule has 0 N–H and O–H groups in total. The molecule has 0 aliphatic carbocycles. The highest BCUT2D eigenvalue weighted by Gasteiger charge is 2.22. The van der Waals surface area contributed by atoms with Crippen LogP contribution in [0, 0.1) is 0 Å². The predicted octanol–water partition coefficient (Wildman–Crippen LogP) is 3.48. The van der Waals surface area contributed by atoms with Crippen molar-refractivity contribution in [1.82, 2.24) is 14.9 Å². The normalized spacial score (nSPS) is 15.5. The van der Waals surface area contributed by atoms with Gasteiger partial charge in [-0.05, 0) is 19.9 Å². The number of hydrazine groups is 1. The van der Waals surface area contributed by atoms with Crippen molar-refractivity contribution in [2.24, 2.45) is 0 Å². The molecule has 0 aromatic carbocycles. The fourth-order valence-electron chi connectivity index (χ4n) is 3.49. The molecule has 0 amide bonds. The van der Waals surface area contributed by atoms with Crippen LogP contribution in [0.4, 0.5) is 0 Å². The van der Waals surface area contributed by atoms with Crippen LogP contribution in [0.3, 0.4) is 0 Å². The minimum absolute atomic E-state index is 0.149. The average Bonchev–Trinajstić information content (AvgIpc) is 2.74. The number of carbonyl (C=O) groups excluding carboxylic acids is 2. The number of esters is 2. The predicted molar refractivity (Wildman–Crippen MR) is 120 cm³/mol. The maximum atomic E-state index is 12.1. The lowest BCUT2D eigenvalue weighted by Crippen LogP contribution is -2.53. The third kappa shape index (κ3) is 13.2. The van der Waals surface area contributed by atoms with Crippen LogP contribution in [-0.2, 0) is 19.1 Å². The van der Waals surface area contributed by atoms with Crippen molar-refractivity contribution in [3.63, 3.8) is 0 Å². The SMILES string of the molecule is CCCCCCOC(=O)CCN(CCC(=O)OCCCCCC)N1CCN(C)CC1. The van der Waals surface area contributed by atoms with Crippen molar-refractivity contribution >= 4 is 11.9 Å². The van der Waals surface area contributed by atoms with E-state index in [0.717, 1.165) is 51.9 Å². The fraction of sp³-hybridized carbons (Fsp3) is 0.913. The number of rotatable bonds is 17. The molecule has 7 heteroatoms.